The number of hydrogen-bond acceptors (Lipinski definition) is 5. The number of ether oxygens (including phenoxy) is 1. The molecule has 8 heteroatoms. The summed E-state index contributed by atoms with van der Waals surface area (Å²) in [4.78, 5) is 2.39. The molecule has 0 saturated carbocycles. The molecule has 0 amide bonds. The van der Waals surface area contributed by atoms with Crippen LogP contribution in [0.4, 0.5) is 5.69 Å². The Kier molecular flexibility index (Phi) is 9.54. The number of hydrogen-bond donors (Lipinski definition) is 1. The highest BCUT2D eigenvalue weighted by molar-refractivity contribution is 7.92. The first-order chi connectivity index (χ1) is 14.7. The zero-order chi connectivity index (χ0) is 22.6. The van der Waals surface area contributed by atoms with Crippen molar-refractivity contribution in [3.63, 3.8) is 0 Å². The fourth-order valence-electron chi connectivity index (χ4n) is 3.87. The van der Waals surface area contributed by atoms with Crippen molar-refractivity contribution in [1.29, 1.82) is 0 Å². The summed E-state index contributed by atoms with van der Waals surface area (Å²) in [5, 5.41) is 10.6. The van der Waals surface area contributed by atoms with Gasteiger partial charge in [0.25, 0.3) is 10.0 Å². The molecular formula is C24H35ClN2O4S. The second-order valence-corrected chi connectivity index (χ2v) is 10.6. The van der Waals surface area contributed by atoms with Gasteiger partial charge in [0, 0.05) is 26.2 Å². The van der Waals surface area contributed by atoms with Crippen LogP contribution in [0.15, 0.2) is 47.4 Å². The number of nitrogens with zero attached hydrogens (tertiary/aromatic N) is 2. The second kappa shape index (κ2) is 11.5. The Morgan fingerprint density at radius 3 is 2.25 bits per heavy atom. The van der Waals surface area contributed by atoms with Crippen molar-refractivity contribution in [2.75, 3.05) is 43.7 Å². The molecule has 2 aromatic rings. The minimum Gasteiger partial charge on any atom is -0.387 e. The summed E-state index contributed by atoms with van der Waals surface area (Å²) in [7, 11) is -3.73. The molecule has 1 aliphatic rings. The molecule has 1 fully saturated rings. The lowest BCUT2D eigenvalue weighted by molar-refractivity contribution is 0.0143. The van der Waals surface area contributed by atoms with Crippen molar-refractivity contribution in [3.05, 3.63) is 59.2 Å². The predicted octanol–water partition coefficient (Wildman–Crippen LogP) is 3.94. The highest BCUT2D eigenvalue weighted by Gasteiger charge is 2.27. The van der Waals surface area contributed by atoms with E-state index in [2.05, 4.69) is 4.90 Å². The zero-order valence-corrected chi connectivity index (χ0v) is 21.0. The molecule has 0 spiro atoms. The maximum Gasteiger partial charge on any atom is 0.264 e. The number of anilines is 1. The first-order valence-electron chi connectivity index (χ1n) is 10.9. The first kappa shape index (κ1) is 26.6. The summed E-state index contributed by atoms with van der Waals surface area (Å²) in [5.41, 5.74) is 3.45. The monoisotopic (exact) mass is 482 g/mol. The number of aliphatic hydroxyl groups excluding tert-OH is 1. The van der Waals surface area contributed by atoms with E-state index in [-0.39, 0.29) is 23.2 Å². The van der Waals surface area contributed by atoms with Crippen LogP contribution in [-0.2, 0) is 14.8 Å². The molecule has 1 unspecified atom stereocenters. The fraction of sp³-hybridized carbons (Fsp3) is 0.500. The number of morpholine rings is 1. The van der Waals surface area contributed by atoms with E-state index in [0.717, 1.165) is 24.2 Å². The van der Waals surface area contributed by atoms with Crippen LogP contribution in [-0.4, -0.2) is 57.8 Å². The predicted molar refractivity (Wildman–Crippen MR) is 131 cm³/mol. The number of sulfonamides is 1. The Morgan fingerprint density at radius 1 is 1.06 bits per heavy atom. The third kappa shape index (κ3) is 6.45. The Labute approximate surface area is 198 Å². The lowest BCUT2D eigenvalue weighted by atomic mass is 10.1. The molecule has 6 nitrogen and oxygen atoms in total. The van der Waals surface area contributed by atoms with E-state index in [4.69, 9.17) is 4.74 Å². The van der Waals surface area contributed by atoms with Crippen molar-refractivity contribution in [2.45, 2.75) is 38.7 Å². The molecule has 0 radical (unpaired) electrons. The largest absolute Gasteiger partial charge is 0.387 e. The maximum atomic E-state index is 13.5. The van der Waals surface area contributed by atoms with Crippen molar-refractivity contribution >= 4 is 28.1 Å². The van der Waals surface area contributed by atoms with Gasteiger partial charge in [0.2, 0.25) is 0 Å². The average Bonchev–Trinajstić information content (AvgIpc) is 2.73. The number of rotatable bonds is 8. The minimum atomic E-state index is -3.73. The van der Waals surface area contributed by atoms with E-state index >= 15 is 0 Å². The smallest absolute Gasteiger partial charge is 0.264 e. The van der Waals surface area contributed by atoms with Crippen molar-refractivity contribution in [1.82, 2.24) is 4.90 Å². The van der Waals surface area contributed by atoms with Crippen LogP contribution in [0.2, 0.25) is 0 Å². The highest BCUT2D eigenvalue weighted by atomic mass is 35.5. The van der Waals surface area contributed by atoms with Gasteiger partial charge in [-0.2, -0.15) is 0 Å². The molecule has 178 valence electrons. The van der Waals surface area contributed by atoms with Crippen molar-refractivity contribution < 1.29 is 18.3 Å². The van der Waals surface area contributed by atoms with E-state index in [1.165, 1.54) is 4.31 Å². The van der Waals surface area contributed by atoms with Crippen LogP contribution < -0.4 is 4.31 Å². The Bertz CT molecular complexity index is 974. The van der Waals surface area contributed by atoms with Crippen molar-refractivity contribution in [3.8, 4) is 0 Å². The quantitative estimate of drug-likeness (QED) is 0.617. The molecule has 0 aliphatic carbocycles. The molecule has 0 bridgehead atoms. The number of β-amino-alcohol motifs (C(OH)–C–C–N with tert-alkyl or cyclic N) is 1. The van der Waals surface area contributed by atoms with Gasteiger partial charge in [-0.15, -0.1) is 12.4 Å². The van der Waals surface area contributed by atoms with E-state index in [9.17, 15) is 13.5 Å². The Hall–Kier alpha value is -1.64. The molecule has 32 heavy (non-hydrogen) atoms. The lowest BCUT2D eigenvalue weighted by Gasteiger charge is -2.29. The SMILES string of the molecule is Cc1ccc(N(CC(C)C)S(=O)(=O)c2ccc(C(O)CN3CCOCC3)cc2)c(C)c1.Cl. The van der Waals surface area contributed by atoms with Gasteiger partial charge in [-0.05, 0) is 49.1 Å². The highest BCUT2D eigenvalue weighted by Crippen LogP contribution is 2.29. The number of halogens is 1. The van der Waals surface area contributed by atoms with Crippen LogP contribution in [0, 0.1) is 19.8 Å². The standard InChI is InChI=1S/C24H34N2O4S.ClH/c1-18(2)16-26(23-10-5-19(3)15-20(23)4)31(28,29)22-8-6-21(7-9-22)24(27)17-25-11-13-30-14-12-25;/h5-10,15,18,24,27H,11-14,16-17H2,1-4H3;1H. The van der Waals surface area contributed by atoms with Gasteiger partial charge in [-0.1, -0.05) is 43.7 Å². The molecule has 1 heterocycles. The second-order valence-electron chi connectivity index (χ2n) is 8.72. The number of aliphatic hydroxyl groups is 1. The average molecular weight is 483 g/mol. The molecule has 1 aliphatic heterocycles. The fourth-order valence-corrected chi connectivity index (χ4v) is 5.56. The topological polar surface area (TPSA) is 70.1 Å². The molecule has 1 saturated heterocycles. The summed E-state index contributed by atoms with van der Waals surface area (Å²) in [5.74, 6) is 0.171. The van der Waals surface area contributed by atoms with E-state index in [0.29, 0.717) is 37.6 Å². The zero-order valence-electron chi connectivity index (χ0n) is 19.3. The van der Waals surface area contributed by atoms with Gasteiger partial charge in [0.1, 0.15) is 0 Å². The van der Waals surface area contributed by atoms with E-state index < -0.39 is 16.1 Å². The van der Waals surface area contributed by atoms with Crippen LogP contribution in [0.25, 0.3) is 0 Å². The lowest BCUT2D eigenvalue weighted by Crippen LogP contribution is -2.38. The summed E-state index contributed by atoms with van der Waals surface area (Å²) in [6.07, 6.45) is -0.666. The summed E-state index contributed by atoms with van der Waals surface area (Å²) < 4.78 is 33.9. The van der Waals surface area contributed by atoms with Gasteiger partial charge in [-0.25, -0.2) is 8.42 Å². The van der Waals surface area contributed by atoms with Crippen LogP contribution in [0.3, 0.4) is 0 Å². The number of benzene rings is 2. The third-order valence-corrected chi connectivity index (χ3v) is 7.33. The molecule has 2 aromatic carbocycles. The van der Waals surface area contributed by atoms with Gasteiger partial charge >= 0.3 is 0 Å². The van der Waals surface area contributed by atoms with Gasteiger partial charge in [0.15, 0.2) is 0 Å². The molecule has 1 N–H and O–H groups in total. The van der Waals surface area contributed by atoms with Crippen LogP contribution >= 0.6 is 12.4 Å². The Balaban J connectivity index is 0.00000363. The molecule has 0 aromatic heterocycles. The first-order valence-corrected chi connectivity index (χ1v) is 12.3. The van der Waals surface area contributed by atoms with Crippen LogP contribution in [0.5, 0.6) is 0 Å². The van der Waals surface area contributed by atoms with Crippen molar-refractivity contribution in [2.24, 2.45) is 5.92 Å². The molecular weight excluding hydrogens is 448 g/mol. The van der Waals surface area contributed by atoms with E-state index in [1.807, 2.05) is 45.9 Å². The van der Waals surface area contributed by atoms with E-state index in [1.54, 1.807) is 24.3 Å². The third-order valence-electron chi connectivity index (χ3n) is 5.54. The molecule has 3 rings (SSSR count). The summed E-state index contributed by atoms with van der Waals surface area (Å²) in [6, 6.07) is 12.5. The van der Waals surface area contributed by atoms with Gasteiger partial charge in [-0.3, -0.25) is 9.21 Å². The maximum absolute atomic E-state index is 13.5. The van der Waals surface area contributed by atoms with Gasteiger partial charge in [0.05, 0.1) is 29.9 Å². The van der Waals surface area contributed by atoms with Crippen LogP contribution in [0.1, 0.15) is 36.6 Å². The summed E-state index contributed by atoms with van der Waals surface area (Å²) >= 11 is 0. The molecule has 1 atom stereocenters. The number of aryl methyl sites for hydroxylation is 2. The minimum absolute atomic E-state index is 0. The van der Waals surface area contributed by atoms with Gasteiger partial charge < -0.3 is 9.84 Å². The summed E-state index contributed by atoms with van der Waals surface area (Å²) in [6.45, 7) is 11.8. The Morgan fingerprint density at radius 2 is 1.69 bits per heavy atom. The normalized spacial score (nSPS) is 15.9.